The van der Waals surface area contributed by atoms with Gasteiger partial charge in [-0.1, -0.05) is 6.07 Å². The molecule has 124 valence electrons. The fourth-order valence-electron chi connectivity index (χ4n) is 2.68. The van der Waals surface area contributed by atoms with Gasteiger partial charge in [-0.05, 0) is 37.8 Å². The van der Waals surface area contributed by atoms with Crippen LogP contribution in [0.25, 0.3) is 0 Å². The Morgan fingerprint density at radius 2 is 1.65 bits per heavy atom. The quantitative estimate of drug-likeness (QED) is 0.898. The van der Waals surface area contributed by atoms with E-state index in [0.29, 0.717) is 32.0 Å². The second kappa shape index (κ2) is 6.52. The zero-order valence-electron chi connectivity index (χ0n) is 12.6. The maximum atomic E-state index is 13.6. The molecule has 2 fully saturated rings. The van der Waals surface area contributed by atoms with E-state index < -0.39 is 23.2 Å². The van der Waals surface area contributed by atoms with E-state index >= 15 is 0 Å². The fourth-order valence-corrected chi connectivity index (χ4v) is 2.68. The molecular weight excluding hydrogens is 304 g/mol. The number of urea groups is 1. The standard InChI is InChI=1S/C16H19F2N3O2/c17-12-2-1-3-13(18)14(12)20-15(22)10-6-8-21(9-7-10)16(23)19-11-4-5-11/h1-3,10-11H,4-9H2,(H,19,23)(H,20,22). The van der Waals surface area contributed by atoms with E-state index in [9.17, 15) is 18.4 Å². The number of benzene rings is 1. The molecule has 2 aliphatic rings. The minimum atomic E-state index is -0.792. The van der Waals surface area contributed by atoms with Crippen LogP contribution in [0, 0.1) is 17.6 Å². The van der Waals surface area contributed by atoms with Gasteiger partial charge in [0.25, 0.3) is 0 Å². The Balaban J connectivity index is 1.52. The summed E-state index contributed by atoms with van der Waals surface area (Å²) >= 11 is 0. The van der Waals surface area contributed by atoms with Crippen LogP contribution in [0.1, 0.15) is 25.7 Å². The number of halogens is 2. The summed E-state index contributed by atoms with van der Waals surface area (Å²) in [5, 5.41) is 5.24. The topological polar surface area (TPSA) is 61.4 Å². The van der Waals surface area contributed by atoms with Crippen LogP contribution < -0.4 is 10.6 Å². The molecule has 1 aliphatic carbocycles. The van der Waals surface area contributed by atoms with Crippen molar-refractivity contribution in [3.05, 3.63) is 29.8 Å². The Hall–Kier alpha value is -2.18. The molecular formula is C16H19F2N3O2. The Bertz CT molecular complexity index is 591. The summed E-state index contributed by atoms with van der Waals surface area (Å²) in [4.78, 5) is 25.8. The van der Waals surface area contributed by atoms with Crippen molar-refractivity contribution >= 4 is 17.6 Å². The second-order valence-corrected chi connectivity index (χ2v) is 6.07. The highest BCUT2D eigenvalue weighted by Gasteiger charge is 2.30. The second-order valence-electron chi connectivity index (χ2n) is 6.07. The molecule has 3 rings (SSSR count). The van der Waals surface area contributed by atoms with Crippen LogP contribution in [0.5, 0.6) is 0 Å². The van der Waals surface area contributed by atoms with Gasteiger partial charge in [0, 0.05) is 25.0 Å². The minimum absolute atomic E-state index is 0.0912. The van der Waals surface area contributed by atoms with Gasteiger partial charge in [0.1, 0.15) is 17.3 Å². The Morgan fingerprint density at radius 3 is 2.22 bits per heavy atom. The van der Waals surface area contributed by atoms with Crippen LogP contribution in [0.3, 0.4) is 0 Å². The first-order valence-corrected chi connectivity index (χ1v) is 7.85. The number of nitrogens with one attached hydrogen (secondary N) is 2. The maximum Gasteiger partial charge on any atom is 0.317 e. The van der Waals surface area contributed by atoms with Gasteiger partial charge in [0.05, 0.1) is 0 Å². The number of hydrogen-bond donors (Lipinski definition) is 2. The van der Waals surface area contributed by atoms with Crippen molar-refractivity contribution in [1.29, 1.82) is 0 Å². The van der Waals surface area contributed by atoms with E-state index in [-0.39, 0.29) is 11.9 Å². The fraction of sp³-hybridized carbons (Fsp3) is 0.500. The van der Waals surface area contributed by atoms with Crippen molar-refractivity contribution < 1.29 is 18.4 Å². The zero-order chi connectivity index (χ0) is 16.4. The van der Waals surface area contributed by atoms with Gasteiger partial charge in [-0.15, -0.1) is 0 Å². The number of para-hydroxylation sites is 1. The number of likely N-dealkylation sites (tertiary alicyclic amines) is 1. The van der Waals surface area contributed by atoms with Crippen LogP contribution in [0.2, 0.25) is 0 Å². The van der Waals surface area contributed by atoms with Gasteiger partial charge in [-0.3, -0.25) is 4.79 Å². The van der Waals surface area contributed by atoms with Crippen LogP contribution in [-0.4, -0.2) is 36.0 Å². The highest BCUT2D eigenvalue weighted by molar-refractivity contribution is 5.93. The molecule has 2 N–H and O–H groups in total. The molecule has 1 aromatic rings. The molecule has 23 heavy (non-hydrogen) atoms. The van der Waals surface area contributed by atoms with Crippen LogP contribution in [0.4, 0.5) is 19.3 Å². The molecule has 0 atom stereocenters. The van der Waals surface area contributed by atoms with Crippen molar-refractivity contribution in [3.8, 4) is 0 Å². The maximum absolute atomic E-state index is 13.6. The predicted molar refractivity (Wildman–Crippen MR) is 80.8 cm³/mol. The lowest BCUT2D eigenvalue weighted by Gasteiger charge is -2.31. The number of piperidine rings is 1. The van der Waals surface area contributed by atoms with Gasteiger partial charge in [-0.25, -0.2) is 13.6 Å². The zero-order valence-corrected chi connectivity index (χ0v) is 12.6. The molecule has 1 aliphatic heterocycles. The first kappa shape index (κ1) is 15.7. The Morgan fingerprint density at radius 1 is 1.04 bits per heavy atom. The highest BCUT2D eigenvalue weighted by atomic mass is 19.1. The molecule has 0 radical (unpaired) electrons. The van der Waals surface area contributed by atoms with Crippen LogP contribution in [0.15, 0.2) is 18.2 Å². The Labute approximate surface area is 133 Å². The molecule has 1 saturated heterocycles. The van der Waals surface area contributed by atoms with Gasteiger partial charge in [0.15, 0.2) is 0 Å². The highest BCUT2D eigenvalue weighted by Crippen LogP contribution is 2.24. The van der Waals surface area contributed by atoms with Crippen molar-refractivity contribution in [2.75, 3.05) is 18.4 Å². The number of nitrogens with zero attached hydrogens (tertiary/aromatic N) is 1. The molecule has 0 bridgehead atoms. The summed E-state index contributed by atoms with van der Waals surface area (Å²) in [5.41, 5.74) is -0.411. The van der Waals surface area contributed by atoms with Crippen LogP contribution >= 0.6 is 0 Å². The van der Waals surface area contributed by atoms with Gasteiger partial charge in [-0.2, -0.15) is 0 Å². The predicted octanol–water partition coefficient (Wildman–Crippen LogP) is 2.49. The monoisotopic (exact) mass is 323 g/mol. The van der Waals surface area contributed by atoms with Gasteiger partial charge < -0.3 is 15.5 Å². The average Bonchev–Trinajstić information content (AvgIpc) is 3.35. The number of anilines is 1. The van der Waals surface area contributed by atoms with Crippen molar-refractivity contribution in [1.82, 2.24) is 10.2 Å². The third-order valence-corrected chi connectivity index (χ3v) is 4.27. The van der Waals surface area contributed by atoms with Crippen molar-refractivity contribution in [2.24, 2.45) is 5.92 Å². The molecule has 1 saturated carbocycles. The average molecular weight is 323 g/mol. The molecule has 0 unspecified atom stereocenters. The third-order valence-electron chi connectivity index (χ3n) is 4.27. The molecule has 3 amide bonds. The van der Waals surface area contributed by atoms with E-state index in [1.165, 1.54) is 6.07 Å². The van der Waals surface area contributed by atoms with Crippen molar-refractivity contribution in [3.63, 3.8) is 0 Å². The van der Waals surface area contributed by atoms with Crippen molar-refractivity contribution in [2.45, 2.75) is 31.7 Å². The Kier molecular flexibility index (Phi) is 4.45. The molecule has 0 aromatic heterocycles. The largest absolute Gasteiger partial charge is 0.335 e. The molecule has 0 spiro atoms. The lowest BCUT2D eigenvalue weighted by Crippen LogP contribution is -2.46. The van der Waals surface area contributed by atoms with E-state index in [1.807, 2.05) is 0 Å². The number of hydrogen-bond acceptors (Lipinski definition) is 2. The summed E-state index contributed by atoms with van der Waals surface area (Å²) in [6.07, 6.45) is 3.03. The number of carbonyl (C=O) groups is 2. The first-order valence-electron chi connectivity index (χ1n) is 7.85. The molecule has 5 nitrogen and oxygen atoms in total. The summed E-state index contributed by atoms with van der Waals surface area (Å²) < 4.78 is 27.1. The van der Waals surface area contributed by atoms with Gasteiger partial charge in [0.2, 0.25) is 5.91 Å². The minimum Gasteiger partial charge on any atom is -0.335 e. The number of rotatable bonds is 3. The van der Waals surface area contributed by atoms with E-state index in [1.54, 1.807) is 4.90 Å². The van der Waals surface area contributed by atoms with Crippen LogP contribution in [-0.2, 0) is 4.79 Å². The van der Waals surface area contributed by atoms with E-state index in [0.717, 1.165) is 25.0 Å². The first-order chi connectivity index (χ1) is 11.0. The molecule has 7 heteroatoms. The smallest absolute Gasteiger partial charge is 0.317 e. The number of amides is 3. The van der Waals surface area contributed by atoms with Gasteiger partial charge >= 0.3 is 6.03 Å². The van der Waals surface area contributed by atoms with E-state index in [4.69, 9.17) is 0 Å². The molecule has 1 aromatic carbocycles. The summed E-state index contributed by atoms with van der Waals surface area (Å²) in [7, 11) is 0. The number of carbonyl (C=O) groups excluding carboxylic acids is 2. The third kappa shape index (κ3) is 3.78. The lowest BCUT2D eigenvalue weighted by atomic mass is 9.96. The SMILES string of the molecule is O=C(Nc1c(F)cccc1F)C1CCN(C(=O)NC2CC2)CC1. The van der Waals surface area contributed by atoms with E-state index in [2.05, 4.69) is 10.6 Å². The summed E-state index contributed by atoms with van der Waals surface area (Å²) in [6, 6.07) is 3.66. The summed E-state index contributed by atoms with van der Waals surface area (Å²) in [6.45, 7) is 0.937. The summed E-state index contributed by atoms with van der Waals surface area (Å²) in [5.74, 6) is -2.34. The molecule has 1 heterocycles. The lowest BCUT2D eigenvalue weighted by molar-refractivity contribution is -0.121. The normalized spacial score (nSPS) is 18.6.